The van der Waals surface area contributed by atoms with Crippen molar-refractivity contribution in [3.63, 3.8) is 0 Å². The fraction of sp³-hybridized carbons (Fsp3) is 0.211. The molecule has 0 aliphatic rings. The third-order valence-electron chi connectivity index (χ3n) is 3.72. The average Bonchev–Trinajstić information content (AvgIpc) is 2.64. The molecule has 0 spiro atoms. The van der Waals surface area contributed by atoms with Gasteiger partial charge in [0.2, 0.25) is 11.8 Å². The van der Waals surface area contributed by atoms with Crippen LogP contribution < -0.4 is 10.2 Å². The van der Waals surface area contributed by atoms with Gasteiger partial charge in [0.1, 0.15) is 0 Å². The molecule has 0 fully saturated rings. The normalized spacial score (nSPS) is 10.2. The van der Waals surface area contributed by atoms with Crippen LogP contribution in [0.5, 0.6) is 0 Å². The van der Waals surface area contributed by atoms with Crippen LogP contribution in [-0.4, -0.2) is 31.4 Å². The monoisotopic (exact) mass is 376 g/mol. The van der Waals surface area contributed by atoms with Crippen molar-refractivity contribution in [3.05, 3.63) is 59.7 Å². The van der Waals surface area contributed by atoms with Gasteiger partial charge in [-0.3, -0.25) is 9.59 Å². The van der Waals surface area contributed by atoms with Crippen LogP contribution in [0.25, 0.3) is 0 Å². The van der Waals surface area contributed by atoms with Gasteiger partial charge < -0.3 is 15.0 Å². The summed E-state index contributed by atoms with van der Waals surface area (Å²) in [5, 5.41) is 2.61. The maximum atomic E-state index is 13.4. The van der Waals surface area contributed by atoms with Crippen LogP contribution in [0.2, 0.25) is 0 Å². The summed E-state index contributed by atoms with van der Waals surface area (Å²) in [7, 11) is 1.25. The highest BCUT2D eigenvalue weighted by Gasteiger charge is 2.16. The van der Waals surface area contributed by atoms with Crippen LogP contribution in [0, 0.1) is 11.6 Å². The Labute approximate surface area is 154 Å². The number of nitrogens with zero attached hydrogens (tertiary/aromatic N) is 1. The van der Waals surface area contributed by atoms with E-state index in [1.165, 1.54) is 31.1 Å². The molecule has 0 heterocycles. The Morgan fingerprint density at radius 1 is 1.07 bits per heavy atom. The van der Waals surface area contributed by atoms with Crippen molar-refractivity contribution in [1.29, 1.82) is 0 Å². The molecule has 27 heavy (non-hydrogen) atoms. The van der Waals surface area contributed by atoms with Crippen molar-refractivity contribution in [2.24, 2.45) is 0 Å². The first-order chi connectivity index (χ1) is 12.8. The van der Waals surface area contributed by atoms with E-state index >= 15 is 0 Å². The van der Waals surface area contributed by atoms with Crippen LogP contribution in [0.15, 0.2) is 42.5 Å². The largest absolute Gasteiger partial charge is 0.465 e. The first-order valence-electron chi connectivity index (χ1n) is 8.03. The summed E-state index contributed by atoms with van der Waals surface area (Å²) in [5.41, 5.74) is 0.828. The molecule has 2 aromatic rings. The third-order valence-corrected chi connectivity index (χ3v) is 3.72. The highest BCUT2D eigenvalue weighted by Crippen LogP contribution is 2.19. The molecule has 8 heteroatoms. The molecule has 2 rings (SSSR count). The summed E-state index contributed by atoms with van der Waals surface area (Å²) in [6, 6.07) is 9.27. The van der Waals surface area contributed by atoms with Crippen LogP contribution in [0.3, 0.4) is 0 Å². The van der Waals surface area contributed by atoms with Gasteiger partial charge in [-0.15, -0.1) is 0 Å². The molecule has 1 N–H and O–H groups in total. The summed E-state index contributed by atoms with van der Waals surface area (Å²) in [5.74, 6) is -3.46. The number of carbonyl (C=O) groups is 3. The smallest absolute Gasteiger partial charge is 0.337 e. The molecule has 0 aliphatic heterocycles. The number of anilines is 2. The van der Waals surface area contributed by atoms with Crippen LogP contribution in [-0.2, 0) is 14.3 Å². The van der Waals surface area contributed by atoms with Crippen molar-refractivity contribution < 1.29 is 27.9 Å². The maximum absolute atomic E-state index is 13.4. The second kappa shape index (κ2) is 8.88. The van der Waals surface area contributed by atoms with E-state index in [0.29, 0.717) is 5.69 Å². The SMILES string of the molecule is COC(=O)c1cccc(NC(=O)CCN(C(C)=O)c2ccc(F)c(F)c2)c1. The van der Waals surface area contributed by atoms with Crippen molar-refractivity contribution in [1.82, 2.24) is 0 Å². The molecule has 0 saturated heterocycles. The van der Waals surface area contributed by atoms with Gasteiger partial charge >= 0.3 is 5.97 Å². The van der Waals surface area contributed by atoms with E-state index in [1.807, 2.05) is 0 Å². The lowest BCUT2D eigenvalue weighted by molar-refractivity contribution is -0.117. The molecule has 0 unspecified atom stereocenters. The number of methoxy groups -OCH3 is 1. The van der Waals surface area contributed by atoms with Crippen molar-refractivity contribution in [2.75, 3.05) is 23.9 Å². The average molecular weight is 376 g/mol. The van der Waals surface area contributed by atoms with Gasteiger partial charge in [0.05, 0.1) is 12.7 Å². The Balaban J connectivity index is 2.03. The van der Waals surface area contributed by atoms with Gasteiger partial charge in [-0.1, -0.05) is 6.07 Å². The zero-order valence-corrected chi connectivity index (χ0v) is 14.8. The lowest BCUT2D eigenvalue weighted by atomic mass is 10.2. The summed E-state index contributed by atoms with van der Waals surface area (Å²) in [4.78, 5) is 36.6. The standard InChI is InChI=1S/C19H18F2N2O4/c1-12(24)23(15-6-7-16(20)17(21)11-15)9-8-18(25)22-14-5-3-4-13(10-14)19(26)27-2/h3-7,10-11H,8-9H2,1-2H3,(H,22,25). The highest BCUT2D eigenvalue weighted by molar-refractivity contribution is 5.96. The molecule has 2 amide bonds. The minimum absolute atomic E-state index is 0.0249. The molecule has 142 valence electrons. The number of hydrogen-bond acceptors (Lipinski definition) is 4. The lowest BCUT2D eigenvalue weighted by Crippen LogP contribution is -2.32. The maximum Gasteiger partial charge on any atom is 0.337 e. The molecule has 0 bridgehead atoms. The van der Waals surface area contributed by atoms with Gasteiger partial charge in [0.25, 0.3) is 0 Å². The Hall–Kier alpha value is -3.29. The second-order valence-corrected chi connectivity index (χ2v) is 5.64. The molecule has 2 aromatic carbocycles. The number of nitrogens with one attached hydrogen (secondary N) is 1. The van der Waals surface area contributed by atoms with Crippen molar-refractivity contribution in [2.45, 2.75) is 13.3 Å². The fourth-order valence-electron chi connectivity index (χ4n) is 2.40. The highest BCUT2D eigenvalue weighted by atomic mass is 19.2. The number of rotatable bonds is 6. The van der Waals surface area contributed by atoms with E-state index in [4.69, 9.17) is 0 Å². The Morgan fingerprint density at radius 2 is 1.81 bits per heavy atom. The summed E-state index contributed by atoms with van der Waals surface area (Å²) in [6.07, 6.45) is -0.0823. The molecular weight excluding hydrogens is 358 g/mol. The molecule has 0 saturated carbocycles. The minimum atomic E-state index is -1.08. The molecule has 0 radical (unpaired) electrons. The molecule has 6 nitrogen and oxygen atoms in total. The first-order valence-corrected chi connectivity index (χ1v) is 8.03. The first kappa shape index (κ1) is 20.0. The predicted octanol–water partition coefficient (Wildman–Crippen LogP) is 3.13. The van der Waals surface area contributed by atoms with Crippen LogP contribution >= 0.6 is 0 Å². The Kier molecular flexibility index (Phi) is 6.59. The van der Waals surface area contributed by atoms with Gasteiger partial charge in [-0.25, -0.2) is 13.6 Å². The number of ether oxygens (including phenoxy) is 1. The summed E-state index contributed by atoms with van der Waals surface area (Å²) < 4.78 is 31.1. The number of carbonyl (C=O) groups excluding carboxylic acids is 3. The number of hydrogen-bond donors (Lipinski definition) is 1. The number of amides is 2. The van der Waals surface area contributed by atoms with Gasteiger partial charge in [0, 0.05) is 37.3 Å². The Morgan fingerprint density at radius 3 is 2.44 bits per heavy atom. The molecule has 0 aliphatic carbocycles. The van der Waals surface area contributed by atoms with Crippen LogP contribution in [0.1, 0.15) is 23.7 Å². The third kappa shape index (κ3) is 5.34. The molecular formula is C19H18F2N2O4. The molecule has 0 atom stereocenters. The van der Waals surface area contributed by atoms with Crippen molar-refractivity contribution in [3.8, 4) is 0 Å². The van der Waals surface area contributed by atoms with Crippen LogP contribution in [0.4, 0.5) is 20.2 Å². The second-order valence-electron chi connectivity index (χ2n) is 5.64. The zero-order valence-electron chi connectivity index (χ0n) is 14.8. The predicted molar refractivity (Wildman–Crippen MR) is 95.4 cm³/mol. The Bertz CT molecular complexity index is 871. The summed E-state index contributed by atoms with van der Waals surface area (Å²) >= 11 is 0. The minimum Gasteiger partial charge on any atom is -0.465 e. The molecule has 0 aromatic heterocycles. The van der Waals surface area contributed by atoms with E-state index in [2.05, 4.69) is 10.1 Å². The lowest BCUT2D eigenvalue weighted by Gasteiger charge is -2.21. The zero-order chi connectivity index (χ0) is 20.0. The van der Waals surface area contributed by atoms with E-state index < -0.39 is 29.4 Å². The fourth-order valence-corrected chi connectivity index (χ4v) is 2.40. The van der Waals surface area contributed by atoms with E-state index in [1.54, 1.807) is 18.2 Å². The quantitative estimate of drug-likeness (QED) is 0.786. The van der Waals surface area contributed by atoms with E-state index in [9.17, 15) is 23.2 Å². The van der Waals surface area contributed by atoms with E-state index in [-0.39, 0.29) is 24.2 Å². The summed E-state index contributed by atoms with van der Waals surface area (Å²) in [6.45, 7) is 1.24. The van der Waals surface area contributed by atoms with Gasteiger partial charge in [0.15, 0.2) is 11.6 Å². The number of esters is 1. The van der Waals surface area contributed by atoms with E-state index in [0.717, 1.165) is 12.1 Å². The van der Waals surface area contributed by atoms with Gasteiger partial charge in [-0.05, 0) is 30.3 Å². The number of halogens is 2. The van der Waals surface area contributed by atoms with Gasteiger partial charge in [-0.2, -0.15) is 0 Å². The topological polar surface area (TPSA) is 75.7 Å². The number of benzene rings is 2. The van der Waals surface area contributed by atoms with Crippen molar-refractivity contribution >= 4 is 29.2 Å².